The van der Waals surface area contributed by atoms with E-state index >= 15 is 0 Å². The maximum Gasteiger partial charge on any atom is 0.137 e. The Hall–Kier alpha value is -5.16. The highest BCUT2D eigenvalue weighted by Gasteiger charge is 2.15. The van der Waals surface area contributed by atoms with E-state index in [-0.39, 0.29) is 0 Å². The molecular weight excluding hydrogens is 516 g/mol. The molecule has 7 aromatic rings. The van der Waals surface area contributed by atoms with Gasteiger partial charge in [0.25, 0.3) is 0 Å². The first-order chi connectivity index (χ1) is 20.4. The maximum absolute atomic E-state index is 6.44. The molecule has 0 aliphatic carbocycles. The van der Waals surface area contributed by atoms with E-state index in [1.807, 2.05) is 53.5 Å². The molecule has 0 aliphatic heterocycles. The number of ether oxygens (including phenoxy) is 1. The average Bonchev–Trinajstić information content (AvgIpc) is 3.59. The van der Waals surface area contributed by atoms with Crippen molar-refractivity contribution in [3.63, 3.8) is 0 Å². The van der Waals surface area contributed by atoms with Gasteiger partial charge in [-0.15, -0.1) is 0 Å². The van der Waals surface area contributed by atoms with Gasteiger partial charge in [-0.2, -0.15) is 5.10 Å². The normalized spacial score (nSPS) is 11.5. The van der Waals surface area contributed by atoms with Crippen molar-refractivity contribution in [1.82, 2.24) is 19.3 Å². The molecule has 0 saturated heterocycles. The van der Waals surface area contributed by atoms with Crippen molar-refractivity contribution in [3.05, 3.63) is 131 Å². The molecule has 0 radical (unpaired) electrons. The Morgan fingerprint density at radius 1 is 0.667 bits per heavy atom. The Morgan fingerprint density at radius 3 is 2.33 bits per heavy atom. The number of aromatic nitrogens is 4. The van der Waals surface area contributed by atoms with Crippen LogP contribution in [-0.2, 0) is 0 Å². The zero-order chi connectivity index (χ0) is 29.0. The predicted octanol–water partition coefficient (Wildman–Crippen LogP) is 9.37. The Labute approximate surface area is 245 Å². The monoisotopic (exact) mass is 548 g/mol. The Morgan fingerprint density at radius 2 is 1.48 bits per heavy atom. The summed E-state index contributed by atoms with van der Waals surface area (Å²) >= 11 is 0. The minimum atomic E-state index is 0.749. The first-order valence-electron chi connectivity index (χ1n) is 14.2. The van der Waals surface area contributed by atoms with Crippen LogP contribution in [0.15, 0.2) is 104 Å². The largest absolute Gasteiger partial charge is 0.457 e. The Bertz CT molecular complexity index is 2130. The molecule has 4 aromatic carbocycles. The average molecular weight is 549 g/mol. The van der Waals surface area contributed by atoms with Crippen LogP contribution in [0.25, 0.3) is 44.4 Å². The lowest BCUT2D eigenvalue weighted by Crippen LogP contribution is -1.98. The lowest BCUT2D eigenvalue weighted by molar-refractivity contribution is 0.483. The topological polar surface area (TPSA) is 44.9 Å². The van der Waals surface area contributed by atoms with Gasteiger partial charge in [0.15, 0.2) is 0 Å². The van der Waals surface area contributed by atoms with Crippen LogP contribution < -0.4 is 4.74 Å². The highest BCUT2D eigenvalue weighted by atomic mass is 16.5. The van der Waals surface area contributed by atoms with Crippen LogP contribution >= 0.6 is 0 Å². The van der Waals surface area contributed by atoms with E-state index in [9.17, 15) is 0 Å². The number of benzene rings is 4. The fourth-order valence-corrected chi connectivity index (χ4v) is 6.05. The van der Waals surface area contributed by atoms with Gasteiger partial charge in [0.1, 0.15) is 17.3 Å². The van der Waals surface area contributed by atoms with Crippen molar-refractivity contribution in [1.29, 1.82) is 0 Å². The SMILES string of the molecule is Cc1ccnc(-n2c3ccccc3c3ccc(Oc4cccc(-n5cc(-c6c(C)cc(C)c(C)c6C)cn5)c4)cc32)c1. The fraction of sp³-hybridized carbons (Fsp3) is 0.135. The van der Waals surface area contributed by atoms with Gasteiger partial charge in [-0.3, -0.25) is 4.57 Å². The number of hydrogen-bond donors (Lipinski definition) is 0. The number of pyridine rings is 1. The van der Waals surface area contributed by atoms with Crippen LogP contribution in [0.4, 0.5) is 0 Å². The molecule has 0 N–H and O–H groups in total. The van der Waals surface area contributed by atoms with E-state index in [0.717, 1.165) is 45.0 Å². The Kier molecular flexibility index (Phi) is 6.16. The van der Waals surface area contributed by atoms with Crippen molar-refractivity contribution >= 4 is 21.8 Å². The predicted molar refractivity (Wildman–Crippen MR) is 171 cm³/mol. The molecule has 0 amide bonds. The van der Waals surface area contributed by atoms with Crippen molar-refractivity contribution in [2.45, 2.75) is 34.6 Å². The molecule has 0 aliphatic rings. The van der Waals surface area contributed by atoms with Crippen molar-refractivity contribution in [3.8, 4) is 34.1 Å². The van der Waals surface area contributed by atoms with Gasteiger partial charge in [-0.25, -0.2) is 9.67 Å². The summed E-state index contributed by atoms with van der Waals surface area (Å²) in [6.45, 7) is 10.8. The smallest absolute Gasteiger partial charge is 0.137 e. The second kappa shape index (κ2) is 10.0. The highest BCUT2D eigenvalue weighted by Crippen LogP contribution is 2.36. The first kappa shape index (κ1) is 25.8. The second-order valence-electron chi connectivity index (χ2n) is 11.1. The van der Waals surface area contributed by atoms with E-state index in [1.54, 1.807) is 0 Å². The van der Waals surface area contributed by atoms with Gasteiger partial charge < -0.3 is 4.74 Å². The molecule has 0 atom stereocenters. The lowest BCUT2D eigenvalue weighted by Gasteiger charge is -2.13. The van der Waals surface area contributed by atoms with Crippen molar-refractivity contribution < 1.29 is 4.74 Å². The third kappa shape index (κ3) is 4.34. The number of hydrogen-bond acceptors (Lipinski definition) is 3. The third-order valence-electron chi connectivity index (χ3n) is 8.32. The number of fused-ring (bicyclic) bond motifs is 3. The van der Waals surface area contributed by atoms with Crippen LogP contribution in [0.5, 0.6) is 11.5 Å². The summed E-state index contributed by atoms with van der Waals surface area (Å²) in [4.78, 5) is 4.70. The number of para-hydroxylation sites is 1. The van der Waals surface area contributed by atoms with E-state index < -0.39 is 0 Å². The van der Waals surface area contributed by atoms with E-state index in [1.165, 1.54) is 38.8 Å². The highest BCUT2D eigenvalue weighted by molar-refractivity contribution is 6.09. The molecule has 42 heavy (non-hydrogen) atoms. The minimum Gasteiger partial charge on any atom is -0.457 e. The van der Waals surface area contributed by atoms with E-state index in [4.69, 9.17) is 14.8 Å². The van der Waals surface area contributed by atoms with E-state index in [0.29, 0.717) is 0 Å². The van der Waals surface area contributed by atoms with Crippen LogP contribution in [0.3, 0.4) is 0 Å². The van der Waals surface area contributed by atoms with Gasteiger partial charge in [0, 0.05) is 40.9 Å². The molecule has 0 fully saturated rings. The molecule has 0 spiro atoms. The van der Waals surface area contributed by atoms with E-state index in [2.05, 4.69) is 93.9 Å². The van der Waals surface area contributed by atoms with Crippen LogP contribution in [0, 0.1) is 34.6 Å². The van der Waals surface area contributed by atoms with Gasteiger partial charge in [-0.05, 0) is 110 Å². The molecular formula is C37H32N4O. The molecule has 206 valence electrons. The number of rotatable bonds is 5. The summed E-state index contributed by atoms with van der Waals surface area (Å²) in [5.74, 6) is 2.40. The standard InChI is InChI=1S/C37H32N4O/c1-23-15-16-38-36(17-23)41-34-12-7-6-11-32(34)33-14-13-31(20-35(33)41)42-30-10-8-9-29(19-30)40-22-28(21-39-40)37-25(3)18-24(2)26(4)27(37)5/h6-22H,1-5H3. The fourth-order valence-electron chi connectivity index (χ4n) is 6.05. The van der Waals surface area contributed by atoms with Gasteiger partial charge >= 0.3 is 0 Å². The minimum absolute atomic E-state index is 0.749. The summed E-state index contributed by atoms with van der Waals surface area (Å²) < 4.78 is 10.6. The summed E-state index contributed by atoms with van der Waals surface area (Å²) in [5, 5.41) is 7.06. The quantitative estimate of drug-likeness (QED) is 0.215. The molecule has 0 bridgehead atoms. The molecule has 7 rings (SSSR count). The Balaban J connectivity index is 1.25. The van der Waals surface area contributed by atoms with Crippen LogP contribution in [0.2, 0.25) is 0 Å². The van der Waals surface area contributed by atoms with Crippen LogP contribution in [-0.4, -0.2) is 19.3 Å². The number of nitrogens with zero attached hydrogens (tertiary/aromatic N) is 4. The zero-order valence-electron chi connectivity index (χ0n) is 24.5. The van der Waals surface area contributed by atoms with Crippen molar-refractivity contribution in [2.75, 3.05) is 0 Å². The third-order valence-corrected chi connectivity index (χ3v) is 8.32. The van der Waals surface area contributed by atoms with Gasteiger partial charge in [-0.1, -0.05) is 30.3 Å². The second-order valence-corrected chi connectivity index (χ2v) is 11.1. The molecule has 5 heteroatoms. The van der Waals surface area contributed by atoms with Gasteiger partial charge in [0.2, 0.25) is 0 Å². The molecule has 3 aromatic heterocycles. The molecule has 0 unspecified atom stereocenters. The molecule has 5 nitrogen and oxygen atoms in total. The first-order valence-corrected chi connectivity index (χ1v) is 14.2. The lowest BCUT2D eigenvalue weighted by atomic mass is 9.91. The van der Waals surface area contributed by atoms with Gasteiger partial charge in [0.05, 0.1) is 22.9 Å². The number of aryl methyl sites for hydroxylation is 3. The van der Waals surface area contributed by atoms with Crippen LogP contribution in [0.1, 0.15) is 27.8 Å². The summed E-state index contributed by atoms with van der Waals surface area (Å²) in [5.41, 5.74) is 11.9. The molecule has 0 saturated carbocycles. The zero-order valence-corrected chi connectivity index (χ0v) is 24.5. The molecule has 3 heterocycles. The summed E-state index contributed by atoms with van der Waals surface area (Å²) in [7, 11) is 0. The van der Waals surface area contributed by atoms with Crippen molar-refractivity contribution in [2.24, 2.45) is 0 Å². The maximum atomic E-state index is 6.44. The summed E-state index contributed by atoms with van der Waals surface area (Å²) in [6.07, 6.45) is 5.91. The summed E-state index contributed by atoms with van der Waals surface area (Å²) in [6, 6.07) is 29.2.